The van der Waals surface area contributed by atoms with Crippen LogP contribution in [0.2, 0.25) is 0 Å². The molecule has 8 nitrogen and oxygen atoms in total. The van der Waals surface area contributed by atoms with Crippen molar-refractivity contribution in [2.24, 2.45) is 0 Å². The monoisotopic (exact) mass is 379 g/mol. The molecular formula is C20H21N5O3. The number of H-pyrrole nitrogens is 1. The normalized spacial score (nSPS) is 16.5. The highest BCUT2D eigenvalue weighted by atomic mass is 16.3. The highest BCUT2D eigenvalue weighted by Gasteiger charge is 2.32. The number of amides is 2. The fourth-order valence-electron chi connectivity index (χ4n) is 3.74. The summed E-state index contributed by atoms with van der Waals surface area (Å²) in [4.78, 5) is 40.4. The Morgan fingerprint density at radius 3 is 3.04 bits per heavy atom. The van der Waals surface area contributed by atoms with E-state index in [-0.39, 0.29) is 23.6 Å². The molecule has 4 rings (SSSR count). The number of nitrogens with zero attached hydrogens (tertiary/aromatic N) is 4. The lowest BCUT2D eigenvalue weighted by Gasteiger charge is -2.29. The zero-order chi connectivity index (χ0) is 19.7. The van der Waals surface area contributed by atoms with Gasteiger partial charge in [0.15, 0.2) is 0 Å². The number of likely N-dealkylation sites (N-methyl/N-ethyl adjacent to an activating group) is 1. The van der Waals surface area contributed by atoms with E-state index in [1.54, 1.807) is 29.2 Å². The zero-order valence-electron chi connectivity index (χ0n) is 15.5. The van der Waals surface area contributed by atoms with Crippen molar-refractivity contribution in [3.05, 3.63) is 54.2 Å². The number of hydrogen-bond acceptors (Lipinski definition) is 5. The topological polar surface area (TPSA) is 102 Å². The van der Waals surface area contributed by atoms with E-state index in [9.17, 15) is 14.7 Å². The smallest absolute Gasteiger partial charge is 0.272 e. The van der Waals surface area contributed by atoms with Crippen LogP contribution in [-0.4, -0.2) is 67.9 Å². The maximum Gasteiger partial charge on any atom is 0.272 e. The number of carbonyl (C=O) groups is 2. The van der Waals surface area contributed by atoms with Gasteiger partial charge in [0, 0.05) is 55.7 Å². The first-order valence-electron chi connectivity index (χ1n) is 9.17. The van der Waals surface area contributed by atoms with Crippen molar-refractivity contribution in [3.8, 4) is 5.75 Å². The maximum absolute atomic E-state index is 12.9. The van der Waals surface area contributed by atoms with Crippen LogP contribution in [-0.2, 0) is 0 Å². The molecule has 0 saturated carbocycles. The van der Waals surface area contributed by atoms with Gasteiger partial charge in [-0.15, -0.1) is 0 Å². The van der Waals surface area contributed by atoms with Crippen LogP contribution in [0, 0.1) is 0 Å². The molecule has 4 heterocycles. The van der Waals surface area contributed by atoms with E-state index in [1.807, 2.05) is 12.1 Å². The zero-order valence-corrected chi connectivity index (χ0v) is 15.5. The molecule has 2 N–H and O–H groups in total. The van der Waals surface area contributed by atoms with E-state index in [0.717, 1.165) is 23.7 Å². The molecule has 0 aromatic carbocycles. The molecule has 1 saturated heterocycles. The van der Waals surface area contributed by atoms with Gasteiger partial charge in [0.25, 0.3) is 11.8 Å². The maximum atomic E-state index is 12.9. The number of carbonyl (C=O) groups excluding carboxylic acids is 2. The molecule has 3 aromatic heterocycles. The van der Waals surface area contributed by atoms with E-state index in [4.69, 9.17) is 0 Å². The van der Waals surface area contributed by atoms with E-state index < -0.39 is 0 Å². The molecule has 0 unspecified atom stereocenters. The Balaban J connectivity index is 1.50. The van der Waals surface area contributed by atoms with Crippen LogP contribution in [0.25, 0.3) is 10.9 Å². The number of aromatic nitrogens is 3. The number of pyridine rings is 2. The summed E-state index contributed by atoms with van der Waals surface area (Å²) in [6, 6.07) is 4.99. The summed E-state index contributed by atoms with van der Waals surface area (Å²) in [5.41, 5.74) is 1.61. The van der Waals surface area contributed by atoms with Gasteiger partial charge in [-0.05, 0) is 31.0 Å². The van der Waals surface area contributed by atoms with E-state index in [1.165, 1.54) is 18.5 Å². The third-order valence-electron chi connectivity index (χ3n) is 5.12. The fourth-order valence-corrected chi connectivity index (χ4v) is 3.74. The molecule has 0 aliphatic carbocycles. The molecule has 1 fully saturated rings. The molecule has 144 valence electrons. The standard InChI is InChI=1S/C20H21N5O3/c1-24(20(28)18-16-4-6-22-17(16)5-7-23-18)12-14-3-2-8-25(14)19(27)13-9-15(26)11-21-10-13/h4-7,9-11,14,22,26H,2-3,8,12H2,1H3/t14-/m0/s1. The van der Waals surface area contributed by atoms with Gasteiger partial charge in [-0.3, -0.25) is 19.6 Å². The second kappa shape index (κ2) is 7.30. The Hall–Kier alpha value is -3.42. The van der Waals surface area contributed by atoms with Gasteiger partial charge in [0.2, 0.25) is 0 Å². The number of hydrogen-bond donors (Lipinski definition) is 2. The number of likely N-dealkylation sites (tertiary alicyclic amines) is 1. The molecular weight excluding hydrogens is 358 g/mol. The minimum Gasteiger partial charge on any atom is -0.506 e. The third kappa shape index (κ3) is 3.28. The van der Waals surface area contributed by atoms with Gasteiger partial charge in [0.05, 0.1) is 11.8 Å². The number of aromatic amines is 1. The van der Waals surface area contributed by atoms with Gasteiger partial charge >= 0.3 is 0 Å². The Morgan fingerprint density at radius 1 is 1.36 bits per heavy atom. The van der Waals surface area contributed by atoms with Crippen molar-refractivity contribution in [1.29, 1.82) is 0 Å². The lowest BCUT2D eigenvalue weighted by molar-refractivity contribution is 0.0647. The minimum absolute atomic E-state index is 0.0421. The predicted molar refractivity (Wildman–Crippen MR) is 103 cm³/mol. The Labute approximate surface area is 161 Å². The van der Waals surface area contributed by atoms with Crippen molar-refractivity contribution >= 4 is 22.7 Å². The van der Waals surface area contributed by atoms with Crippen molar-refractivity contribution in [3.63, 3.8) is 0 Å². The van der Waals surface area contributed by atoms with Gasteiger partial charge in [0.1, 0.15) is 11.4 Å². The van der Waals surface area contributed by atoms with Gasteiger partial charge in [-0.25, -0.2) is 0 Å². The van der Waals surface area contributed by atoms with Crippen LogP contribution in [0.5, 0.6) is 5.75 Å². The highest BCUT2D eigenvalue weighted by Crippen LogP contribution is 2.23. The van der Waals surface area contributed by atoms with Crippen molar-refractivity contribution in [2.45, 2.75) is 18.9 Å². The van der Waals surface area contributed by atoms with Crippen molar-refractivity contribution in [1.82, 2.24) is 24.8 Å². The predicted octanol–water partition coefficient (Wildman–Crippen LogP) is 2.04. The second-order valence-corrected chi connectivity index (χ2v) is 7.01. The molecule has 1 atom stereocenters. The quantitative estimate of drug-likeness (QED) is 0.722. The lowest BCUT2D eigenvalue weighted by atomic mass is 10.1. The van der Waals surface area contributed by atoms with Gasteiger partial charge in [-0.1, -0.05) is 0 Å². The van der Waals surface area contributed by atoms with Gasteiger partial charge < -0.3 is 19.9 Å². The molecule has 1 aliphatic rings. The molecule has 0 radical (unpaired) electrons. The first-order chi connectivity index (χ1) is 13.5. The van der Waals surface area contributed by atoms with Crippen LogP contribution < -0.4 is 0 Å². The number of rotatable bonds is 4. The van der Waals surface area contributed by atoms with Crippen LogP contribution in [0.1, 0.15) is 33.7 Å². The van der Waals surface area contributed by atoms with E-state index >= 15 is 0 Å². The Kier molecular flexibility index (Phi) is 4.68. The average Bonchev–Trinajstić information content (AvgIpc) is 3.35. The molecule has 3 aromatic rings. The number of nitrogens with one attached hydrogen (secondary N) is 1. The van der Waals surface area contributed by atoms with E-state index in [0.29, 0.717) is 24.3 Å². The first kappa shape index (κ1) is 18.0. The van der Waals surface area contributed by atoms with Gasteiger partial charge in [-0.2, -0.15) is 0 Å². The number of fused-ring (bicyclic) bond motifs is 1. The molecule has 2 amide bonds. The van der Waals surface area contributed by atoms with Crippen LogP contribution >= 0.6 is 0 Å². The van der Waals surface area contributed by atoms with Crippen LogP contribution in [0.15, 0.2) is 43.0 Å². The van der Waals surface area contributed by atoms with Crippen molar-refractivity contribution < 1.29 is 14.7 Å². The highest BCUT2D eigenvalue weighted by molar-refractivity contribution is 6.04. The molecule has 28 heavy (non-hydrogen) atoms. The fraction of sp³-hybridized carbons (Fsp3) is 0.300. The van der Waals surface area contributed by atoms with Crippen molar-refractivity contribution in [2.75, 3.05) is 20.1 Å². The SMILES string of the molecule is CN(C[C@@H]1CCCN1C(=O)c1cncc(O)c1)C(=O)c1nccc2[nH]ccc12. The average molecular weight is 379 g/mol. The Bertz CT molecular complexity index is 1030. The number of aromatic hydroxyl groups is 1. The first-order valence-corrected chi connectivity index (χ1v) is 9.17. The summed E-state index contributed by atoms with van der Waals surface area (Å²) in [7, 11) is 1.73. The lowest BCUT2D eigenvalue weighted by Crippen LogP contribution is -2.44. The molecule has 0 bridgehead atoms. The van der Waals surface area contributed by atoms with Crippen LogP contribution in [0.4, 0.5) is 0 Å². The summed E-state index contributed by atoms with van der Waals surface area (Å²) in [5.74, 6) is -0.402. The van der Waals surface area contributed by atoms with E-state index in [2.05, 4.69) is 15.0 Å². The summed E-state index contributed by atoms with van der Waals surface area (Å²) in [6.45, 7) is 1.03. The molecule has 8 heteroatoms. The summed E-state index contributed by atoms with van der Waals surface area (Å²) in [5, 5.41) is 10.4. The second-order valence-electron chi connectivity index (χ2n) is 7.01. The molecule has 1 aliphatic heterocycles. The largest absolute Gasteiger partial charge is 0.506 e. The Morgan fingerprint density at radius 2 is 2.21 bits per heavy atom. The minimum atomic E-state index is -0.183. The molecule has 0 spiro atoms. The summed E-state index contributed by atoms with van der Waals surface area (Å²) >= 11 is 0. The third-order valence-corrected chi connectivity index (χ3v) is 5.12. The van der Waals surface area contributed by atoms with Crippen LogP contribution in [0.3, 0.4) is 0 Å². The summed E-state index contributed by atoms with van der Waals surface area (Å²) < 4.78 is 0. The summed E-state index contributed by atoms with van der Waals surface area (Å²) in [6.07, 6.45) is 7.82.